The monoisotopic (exact) mass is 384 g/mol. The van der Waals surface area contributed by atoms with Crippen molar-refractivity contribution < 1.29 is 27.8 Å². The molecule has 0 fully saturated rings. The Hall–Kier alpha value is -1.51. The second kappa shape index (κ2) is 7.16. The zero-order chi connectivity index (χ0) is 18.0. The lowest BCUT2D eigenvalue weighted by molar-refractivity contribution is -0.302. The average Bonchev–Trinajstić information content (AvgIpc) is 2.88. The highest BCUT2D eigenvalue weighted by Gasteiger charge is 2.61. The summed E-state index contributed by atoms with van der Waals surface area (Å²) >= 11 is 11.6. The van der Waals surface area contributed by atoms with Crippen LogP contribution in [0.25, 0.3) is 0 Å². The predicted octanol–water partition coefficient (Wildman–Crippen LogP) is 3.62. The van der Waals surface area contributed by atoms with Gasteiger partial charge in [-0.05, 0) is 24.6 Å². The number of alkyl halides is 3. The molecule has 24 heavy (non-hydrogen) atoms. The molecule has 5 nitrogen and oxygen atoms in total. The van der Waals surface area contributed by atoms with Gasteiger partial charge in [-0.25, -0.2) is 0 Å². The lowest BCUT2D eigenvalue weighted by Crippen LogP contribution is -2.56. The van der Waals surface area contributed by atoms with Crippen LogP contribution in [0, 0.1) is 0 Å². The number of ether oxygens (including phenoxy) is 1. The first-order chi connectivity index (χ1) is 11.1. The molecule has 0 radical (unpaired) electrons. The zero-order valence-electron chi connectivity index (χ0n) is 12.2. The number of amides is 1. The third kappa shape index (κ3) is 3.93. The van der Waals surface area contributed by atoms with Gasteiger partial charge in [-0.1, -0.05) is 23.2 Å². The van der Waals surface area contributed by atoms with Crippen molar-refractivity contribution in [3.63, 3.8) is 0 Å². The van der Waals surface area contributed by atoms with Crippen molar-refractivity contribution in [2.75, 3.05) is 6.61 Å². The summed E-state index contributed by atoms with van der Waals surface area (Å²) in [6, 6.07) is 4.59. The average molecular weight is 385 g/mol. The molecule has 1 aromatic rings. The van der Waals surface area contributed by atoms with E-state index < -0.39 is 24.2 Å². The molecule has 1 amide bonds. The fourth-order valence-corrected chi connectivity index (χ4v) is 2.50. The highest BCUT2D eigenvalue weighted by atomic mass is 35.5. The second-order valence-electron chi connectivity index (χ2n) is 5.05. The van der Waals surface area contributed by atoms with Crippen molar-refractivity contribution in [3.05, 3.63) is 28.2 Å². The summed E-state index contributed by atoms with van der Waals surface area (Å²) in [7, 11) is 0. The molecular formula is C14H13Cl2F3N2O3. The van der Waals surface area contributed by atoms with Crippen molar-refractivity contribution >= 4 is 35.3 Å². The fourth-order valence-electron chi connectivity index (χ4n) is 2.04. The Labute approximate surface area is 145 Å². The number of carbonyl (C=O) groups is 1. The van der Waals surface area contributed by atoms with E-state index in [1.807, 2.05) is 0 Å². The molecule has 1 aliphatic rings. The Morgan fingerprint density at radius 3 is 2.75 bits per heavy atom. The van der Waals surface area contributed by atoms with Gasteiger partial charge in [0.25, 0.3) is 5.72 Å². The van der Waals surface area contributed by atoms with Gasteiger partial charge in [0.15, 0.2) is 0 Å². The zero-order valence-corrected chi connectivity index (χ0v) is 13.7. The maximum atomic E-state index is 12.9. The van der Waals surface area contributed by atoms with E-state index >= 15 is 0 Å². The van der Waals surface area contributed by atoms with Crippen LogP contribution in [0.5, 0.6) is 5.75 Å². The summed E-state index contributed by atoms with van der Waals surface area (Å²) < 4.78 is 43.9. The van der Waals surface area contributed by atoms with Crippen LogP contribution in [0.3, 0.4) is 0 Å². The molecule has 2 rings (SSSR count). The maximum Gasteiger partial charge on any atom is 0.438 e. The third-order valence-electron chi connectivity index (χ3n) is 3.30. The first-order valence-electron chi connectivity index (χ1n) is 6.87. The first-order valence-corrected chi connectivity index (χ1v) is 7.63. The van der Waals surface area contributed by atoms with Crippen molar-refractivity contribution in [2.24, 2.45) is 5.10 Å². The molecule has 1 aliphatic heterocycles. The molecule has 0 spiro atoms. The van der Waals surface area contributed by atoms with Crippen LogP contribution in [0.4, 0.5) is 13.2 Å². The van der Waals surface area contributed by atoms with E-state index in [-0.39, 0.29) is 29.5 Å². The molecule has 0 aliphatic carbocycles. The number of nitrogens with zero attached hydrogens (tertiary/aromatic N) is 2. The van der Waals surface area contributed by atoms with Crippen molar-refractivity contribution in [3.8, 4) is 5.75 Å². The molecule has 0 saturated carbocycles. The smallest absolute Gasteiger partial charge is 0.438 e. The second-order valence-corrected chi connectivity index (χ2v) is 5.89. The van der Waals surface area contributed by atoms with Crippen LogP contribution in [0.2, 0.25) is 10.0 Å². The van der Waals surface area contributed by atoms with Crippen molar-refractivity contribution in [1.82, 2.24) is 5.01 Å². The van der Waals surface area contributed by atoms with E-state index in [9.17, 15) is 23.1 Å². The Morgan fingerprint density at radius 2 is 2.12 bits per heavy atom. The number of halogens is 5. The van der Waals surface area contributed by atoms with Gasteiger partial charge in [0.05, 0.1) is 11.6 Å². The third-order valence-corrected chi connectivity index (χ3v) is 3.83. The van der Waals surface area contributed by atoms with E-state index in [1.165, 1.54) is 6.07 Å². The molecule has 0 unspecified atom stereocenters. The number of benzene rings is 1. The van der Waals surface area contributed by atoms with Crippen LogP contribution in [0.15, 0.2) is 23.3 Å². The molecule has 1 N–H and O–H groups in total. The molecule has 1 atom stereocenters. The Balaban J connectivity index is 1.86. The molecule has 0 saturated heterocycles. The van der Waals surface area contributed by atoms with E-state index in [0.29, 0.717) is 10.8 Å². The number of rotatable bonds is 5. The SMILES string of the molecule is O=C(CCCOc1ccc(Cl)cc1Cl)N1N=CC[C@]1(O)C(F)(F)F. The minimum Gasteiger partial charge on any atom is -0.492 e. The van der Waals surface area contributed by atoms with Gasteiger partial charge >= 0.3 is 6.18 Å². The molecular weight excluding hydrogens is 372 g/mol. The first kappa shape index (κ1) is 18.8. The maximum absolute atomic E-state index is 12.9. The van der Waals surface area contributed by atoms with Gasteiger partial charge in [0.1, 0.15) is 5.75 Å². The summed E-state index contributed by atoms with van der Waals surface area (Å²) in [6.07, 6.45) is -5.08. The van der Waals surface area contributed by atoms with E-state index in [2.05, 4.69) is 5.10 Å². The van der Waals surface area contributed by atoms with Gasteiger partial charge in [0.2, 0.25) is 5.91 Å². The summed E-state index contributed by atoms with van der Waals surface area (Å²) in [6.45, 7) is 0.0507. The van der Waals surface area contributed by atoms with Crippen molar-refractivity contribution in [2.45, 2.75) is 31.2 Å². The summed E-state index contributed by atoms with van der Waals surface area (Å²) in [5.74, 6) is -0.603. The molecule has 132 valence electrons. The lowest BCUT2D eigenvalue weighted by Gasteiger charge is -2.32. The summed E-state index contributed by atoms with van der Waals surface area (Å²) in [5, 5.41) is 13.8. The summed E-state index contributed by atoms with van der Waals surface area (Å²) in [4.78, 5) is 11.9. The van der Waals surface area contributed by atoms with E-state index in [4.69, 9.17) is 27.9 Å². The number of hydrazone groups is 1. The highest BCUT2D eigenvalue weighted by molar-refractivity contribution is 6.35. The number of aliphatic hydroxyl groups is 1. The fraction of sp³-hybridized carbons (Fsp3) is 0.429. The largest absolute Gasteiger partial charge is 0.492 e. The van der Waals surface area contributed by atoms with Crippen LogP contribution in [0.1, 0.15) is 19.3 Å². The van der Waals surface area contributed by atoms with Crippen LogP contribution >= 0.6 is 23.2 Å². The van der Waals surface area contributed by atoms with E-state index in [0.717, 1.165) is 6.21 Å². The number of carbonyl (C=O) groups excluding carboxylic acids is 1. The Kier molecular flexibility index (Phi) is 5.62. The van der Waals surface area contributed by atoms with Crippen LogP contribution in [-0.4, -0.2) is 40.7 Å². The molecule has 1 aromatic carbocycles. The quantitative estimate of drug-likeness (QED) is 0.788. The van der Waals surface area contributed by atoms with Gasteiger partial charge in [-0.3, -0.25) is 4.79 Å². The molecule has 0 aromatic heterocycles. The number of hydrogen-bond acceptors (Lipinski definition) is 4. The normalized spacial score (nSPS) is 20.5. The lowest BCUT2D eigenvalue weighted by atomic mass is 10.1. The van der Waals surface area contributed by atoms with Gasteiger partial charge in [-0.15, -0.1) is 0 Å². The molecule has 0 bridgehead atoms. The van der Waals surface area contributed by atoms with Crippen LogP contribution < -0.4 is 4.74 Å². The van der Waals surface area contributed by atoms with Gasteiger partial charge in [0, 0.05) is 24.1 Å². The molecule has 10 heteroatoms. The van der Waals surface area contributed by atoms with E-state index in [1.54, 1.807) is 12.1 Å². The minimum absolute atomic E-state index is 0.0507. The van der Waals surface area contributed by atoms with Gasteiger partial charge in [-0.2, -0.15) is 23.3 Å². The van der Waals surface area contributed by atoms with Crippen molar-refractivity contribution in [1.29, 1.82) is 0 Å². The highest BCUT2D eigenvalue weighted by Crippen LogP contribution is 2.38. The Bertz CT molecular complexity index is 655. The topological polar surface area (TPSA) is 62.1 Å². The minimum atomic E-state index is -4.99. The number of hydrogen-bond donors (Lipinski definition) is 1. The van der Waals surface area contributed by atoms with Crippen LogP contribution in [-0.2, 0) is 4.79 Å². The standard InChI is InChI=1S/C14H13Cl2F3N2O3/c15-9-3-4-11(10(16)8-9)24-7-1-2-12(22)21-13(23,5-6-20-21)14(17,18)19/h3-4,6,8,23H,1-2,5,7H2/t13-/m0/s1. The molecule has 1 heterocycles. The predicted molar refractivity (Wildman–Crippen MR) is 82.2 cm³/mol. The Morgan fingerprint density at radius 1 is 1.42 bits per heavy atom. The summed E-state index contributed by atoms with van der Waals surface area (Å²) in [5.41, 5.74) is -3.29. The van der Waals surface area contributed by atoms with Gasteiger partial charge < -0.3 is 9.84 Å².